The first-order valence-electron chi connectivity index (χ1n) is 6.00. The molecule has 0 unspecified atom stereocenters. The number of nitrogens with zero attached hydrogens (tertiary/aromatic N) is 1. The van der Waals surface area contributed by atoms with Gasteiger partial charge in [0.15, 0.2) is 9.34 Å². The molecular weight excluding hydrogens is 392 g/mol. The summed E-state index contributed by atoms with van der Waals surface area (Å²) in [6.45, 7) is 3.99. The fourth-order valence-electron chi connectivity index (χ4n) is 2.05. The van der Waals surface area contributed by atoms with Gasteiger partial charge in [-0.25, -0.2) is 13.4 Å². The van der Waals surface area contributed by atoms with Gasteiger partial charge in [0.1, 0.15) is 0 Å². The van der Waals surface area contributed by atoms with Crippen molar-refractivity contribution in [3.05, 3.63) is 39.2 Å². The quantitative estimate of drug-likeness (QED) is 0.699. The topological polar surface area (TPSA) is 59.1 Å². The average molecular weight is 403 g/mol. The maximum Gasteiger partial charge on any atom is 0.274 e. The maximum atomic E-state index is 12.3. The molecule has 0 atom stereocenters. The van der Waals surface area contributed by atoms with Crippen molar-refractivity contribution in [1.82, 2.24) is 4.98 Å². The highest BCUT2D eigenvalue weighted by atomic mass is 79.9. The van der Waals surface area contributed by atoms with E-state index in [2.05, 4.69) is 25.6 Å². The Morgan fingerprint density at radius 1 is 1.29 bits per heavy atom. The highest BCUT2D eigenvalue weighted by Gasteiger charge is 2.21. The van der Waals surface area contributed by atoms with Crippen molar-refractivity contribution < 1.29 is 8.42 Å². The van der Waals surface area contributed by atoms with E-state index in [9.17, 15) is 8.42 Å². The first-order chi connectivity index (χ1) is 9.87. The van der Waals surface area contributed by atoms with E-state index < -0.39 is 10.0 Å². The highest BCUT2D eigenvalue weighted by Crippen LogP contribution is 2.33. The lowest BCUT2D eigenvalue weighted by molar-refractivity contribution is 0.603. The second-order valence-corrected chi connectivity index (χ2v) is 9.29. The molecule has 0 amide bonds. The summed E-state index contributed by atoms with van der Waals surface area (Å²) in [5.41, 5.74) is 3.02. The monoisotopic (exact) mass is 402 g/mol. The lowest BCUT2D eigenvalue weighted by atomic mass is 10.1. The Hall–Kier alpha value is -0.960. The smallest absolute Gasteiger partial charge is 0.254 e. The van der Waals surface area contributed by atoms with Gasteiger partial charge in [-0.2, -0.15) is 0 Å². The Kier molecular flexibility index (Phi) is 3.81. The number of thiophene rings is 1. The van der Waals surface area contributed by atoms with Crippen molar-refractivity contribution in [1.29, 1.82) is 0 Å². The molecule has 2 aromatic heterocycles. The van der Waals surface area contributed by atoms with Gasteiger partial charge in [-0.05, 0) is 58.4 Å². The number of sulfonamides is 1. The molecular formula is C13H11BrN2O2S3. The summed E-state index contributed by atoms with van der Waals surface area (Å²) in [4.78, 5) is 4.40. The predicted molar refractivity (Wildman–Crippen MR) is 91.9 cm³/mol. The summed E-state index contributed by atoms with van der Waals surface area (Å²) in [5.74, 6) is 0. The molecule has 0 saturated heterocycles. The van der Waals surface area contributed by atoms with Gasteiger partial charge in [-0.15, -0.1) is 11.3 Å². The number of aromatic nitrogens is 1. The number of hydrogen-bond donors (Lipinski definition) is 1. The molecule has 0 radical (unpaired) electrons. The molecule has 0 aliphatic heterocycles. The lowest BCUT2D eigenvalue weighted by Crippen LogP contribution is -2.11. The van der Waals surface area contributed by atoms with Crippen LogP contribution < -0.4 is 4.72 Å². The van der Waals surface area contributed by atoms with Crippen molar-refractivity contribution in [3.8, 4) is 0 Å². The molecule has 0 saturated carbocycles. The Bertz CT molecular complexity index is 928. The van der Waals surface area contributed by atoms with Crippen LogP contribution in [0.1, 0.15) is 11.1 Å². The molecule has 0 spiro atoms. The Morgan fingerprint density at radius 2 is 2.05 bits per heavy atom. The molecule has 8 heteroatoms. The Labute approximate surface area is 139 Å². The Morgan fingerprint density at radius 3 is 2.71 bits per heavy atom. The second-order valence-electron chi connectivity index (χ2n) is 4.61. The van der Waals surface area contributed by atoms with E-state index in [1.54, 1.807) is 11.4 Å². The minimum Gasteiger partial charge on any atom is -0.254 e. The fourth-order valence-corrected chi connectivity index (χ4v) is 6.66. The van der Waals surface area contributed by atoms with Crippen LogP contribution in [0.3, 0.4) is 0 Å². The number of halogens is 1. The third kappa shape index (κ3) is 2.85. The van der Waals surface area contributed by atoms with E-state index >= 15 is 0 Å². The molecule has 0 aliphatic carbocycles. The largest absolute Gasteiger partial charge is 0.274 e. The number of benzene rings is 1. The third-order valence-electron chi connectivity index (χ3n) is 2.88. The summed E-state index contributed by atoms with van der Waals surface area (Å²) in [7, 11) is -3.60. The summed E-state index contributed by atoms with van der Waals surface area (Å²) >= 11 is 5.76. The zero-order chi connectivity index (χ0) is 15.2. The van der Waals surface area contributed by atoms with Gasteiger partial charge in [0.2, 0.25) is 0 Å². The highest BCUT2D eigenvalue weighted by molar-refractivity contribution is 9.10. The van der Waals surface area contributed by atoms with E-state index in [0.29, 0.717) is 9.60 Å². The molecule has 3 rings (SSSR count). The predicted octanol–water partition coefficient (Wildman–Crippen LogP) is 4.54. The molecule has 21 heavy (non-hydrogen) atoms. The maximum absolute atomic E-state index is 12.3. The Balaban J connectivity index is 2.03. The van der Waals surface area contributed by atoms with Crippen LogP contribution >= 0.6 is 38.6 Å². The zero-order valence-electron chi connectivity index (χ0n) is 11.2. The van der Waals surface area contributed by atoms with Gasteiger partial charge in [0, 0.05) is 4.47 Å². The number of thiazole rings is 1. The zero-order valence-corrected chi connectivity index (χ0v) is 15.2. The second kappa shape index (κ2) is 5.35. The van der Waals surface area contributed by atoms with Crippen molar-refractivity contribution >= 4 is 64.0 Å². The van der Waals surface area contributed by atoms with Crippen LogP contribution in [0.5, 0.6) is 0 Å². The van der Waals surface area contributed by atoms with Gasteiger partial charge in [-0.1, -0.05) is 17.4 Å². The van der Waals surface area contributed by atoms with Crippen LogP contribution in [0.4, 0.5) is 5.13 Å². The van der Waals surface area contributed by atoms with Crippen LogP contribution in [0.25, 0.3) is 10.2 Å². The fraction of sp³-hybridized carbons (Fsp3) is 0.154. The van der Waals surface area contributed by atoms with Gasteiger partial charge in [0.25, 0.3) is 10.0 Å². The summed E-state index contributed by atoms with van der Waals surface area (Å²) in [6, 6.07) is 5.76. The van der Waals surface area contributed by atoms with Crippen molar-refractivity contribution in [2.75, 3.05) is 4.72 Å². The van der Waals surface area contributed by atoms with E-state index in [4.69, 9.17) is 0 Å². The van der Waals surface area contributed by atoms with E-state index in [1.165, 1.54) is 22.7 Å². The van der Waals surface area contributed by atoms with E-state index in [-0.39, 0.29) is 4.21 Å². The molecule has 2 heterocycles. The van der Waals surface area contributed by atoms with Crippen LogP contribution in [0.15, 0.2) is 32.3 Å². The van der Waals surface area contributed by atoms with E-state index in [0.717, 1.165) is 21.3 Å². The lowest BCUT2D eigenvalue weighted by Gasteiger charge is -2.02. The molecule has 1 N–H and O–H groups in total. The van der Waals surface area contributed by atoms with Crippen LogP contribution in [-0.4, -0.2) is 13.4 Å². The molecule has 0 bridgehead atoms. The first kappa shape index (κ1) is 15.0. The molecule has 1 aromatic carbocycles. The molecule has 4 nitrogen and oxygen atoms in total. The van der Waals surface area contributed by atoms with Crippen molar-refractivity contribution in [3.63, 3.8) is 0 Å². The normalized spacial score (nSPS) is 12.0. The van der Waals surface area contributed by atoms with Crippen LogP contribution in [0, 0.1) is 13.8 Å². The van der Waals surface area contributed by atoms with E-state index in [1.807, 2.05) is 26.0 Å². The third-order valence-corrected chi connectivity index (χ3v) is 7.94. The van der Waals surface area contributed by atoms with Crippen LogP contribution in [0.2, 0.25) is 0 Å². The summed E-state index contributed by atoms with van der Waals surface area (Å²) in [6.07, 6.45) is 0. The number of nitrogens with one attached hydrogen (secondary N) is 1. The molecule has 3 aromatic rings. The minimum atomic E-state index is -3.60. The number of hydrogen-bond acceptors (Lipinski definition) is 5. The molecule has 110 valence electrons. The van der Waals surface area contributed by atoms with Gasteiger partial charge in [-0.3, -0.25) is 4.72 Å². The van der Waals surface area contributed by atoms with Crippen molar-refractivity contribution in [2.45, 2.75) is 18.1 Å². The van der Waals surface area contributed by atoms with Crippen molar-refractivity contribution in [2.24, 2.45) is 0 Å². The molecule has 0 aliphatic rings. The van der Waals surface area contributed by atoms with Gasteiger partial charge in [0.05, 0.1) is 10.2 Å². The standard InChI is InChI=1S/C13H11BrN2O2S3/c1-7-5-8(2)11-10(6-7)20-13(15-11)16-21(17,18)12-9(14)3-4-19-12/h3-6H,1-2H3,(H,15,16). The minimum absolute atomic E-state index is 0.259. The van der Waals surface area contributed by atoms with Gasteiger partial charge < -0.3 is 0 Å². The summed E-state index contributed by atoms with van der Waals surface area (Å²) < 4.78 is 29.1. The summed E-state index contributed by atoms with van der Waals surface area (Å²) in [5, 5.41) is 2.11. The number of anilines is 1. The average Bonchev–Trinajstić information content (AvgIpc) is 2.94. The first-order valence-corrected chi connectivity index (χ1v) is 9.97. The number of rotatable bonds is 3. The SMILES string of the molecule is Cc1cc(C)c2nc(NS(=O)(=O)c3sccc3Br)sc2c1. The number of fused-ring (bicyclic) bond motifs is 1. The number of aryl methyl sites for hydroxylation is 2. The van der Waals surface area contributed by atoms with Gasteiger partial charge >= 0.3 is 0 Å². The molecule has 0 fully saturated rings. The van der Waals surface area contributed by atoms with Crippen LogP contribution in [-0.2, 0) is 10.0 Å².